The summed E-state index contributed by atoms with van der Waals surface area (Å²) in [5, 5.41) is 8.46. The number of likely N-dealkylation sites (N-methyl/N-ethyl adjacent to an activating group) is 1. The number of carbonyl (C=O) groups is 1. The molecule has 2 aliphatic heterocycles. The number of carbonyl (C=O) groups excluding carboxylic acids is 1. The van der Waals surface area contributed by atoms with Gasteiger partial charge in [0.25, 0.3) is 5.91 Å². The Balaban J connectivity index is 1.65. The average molecular weight is 303 g/mol. The summed E-state index contributed by atoms with van der Waals surface area (Å²) in [6, 6.07) is 3.77. The summed E-state index contributed by atoms with van der Waals surface area (Å²) in [4.78, 5) is 19.0. The van der Waals surface area contributed by atoms with Crippen LogP contribution < -0.4 is 4.90 Å². The molecule has 6 heteroatoms. The normalized spacial score (nSPS) is 20.8. The van der Waals surface area contributed by atoms with E-state index < -0.39 is 0 Å². The van der Waals surface area contributed by atoms with Gasteiger partial charge >= 0.3 is 0 Å². The number of rotatable bonds is 2. The molecular formula is C16H25N5O. The van der Waals surface area contributed by atoms with Gasteiger partial charge in [0.2, 0.25) is 0 Å². The Bertz CT molecular complexity index is 498. The molecule has 1 aromatic rings. The lowest BCUT2D eigenvalue weighted by molar-refractivity contribution is 0.0756. The lowest BCUT2D eigenvalue weighted by Crippen LogP contribution is -2.35. The van der Waals surface area contributed by atoms with E-state index in [1.54, 1.807) is 0 Å². The minimum Gasteiger partial charge on any atom is -0.355 e. The lowest BCUT2D eigenvalue weighted by Gasteiger charge is -2.27. The molecule has 0 spiro atoms. The van der Waals surface area contributed by atoms with E-state index in [1.165, 1.54) is 19.3 Å². The Hall–Kier alpha value is -1.69. The predicted octanol–water partition coefficient (Wildman–Crippen LogP) is 1.24. The Morgan fingerprint density at radius 3 is 2.45 bits per heavy atom. The van der Waals surface area contributed by atoms with E-state index in [9.17, 15) is 4.79 Å². The molecule has 0 atom stereocenters. The first-order valence-corrected chi connectivity index (χ1v) is 8.30. The summed E-state index contributed by atoms with van der Waals surface area (Å²) in [5.41, 5.74) is 0.463. The van der Waals surface area contributed by atoms with Gasteiger partial charge in [-0.3, -0.25) is 4.79 Å². The van der Waals surface area contributed by atoms with Crippen molar-refractivity contribution in [1.82, 2.24) is 20.0 Å². The van der Waals surface area contributed by atoms with Crippen LogP contribution >= 0.6 is 0 Å². The topological polar surface area (TPSA) is 52.6 Å². The van der Waals surface area contributed by atoms with Crippen molar-refractivity contribution < 1.29 is 4.79 Å². The molecule has 0 bridgehead atoms. The third-order valence-electron chi connectivity index (χ3n) is 4.56. The van der Waals surface area contributed by atoms with Gasteiger partial charge in [-0.1, -0.05) is 0 Å². The molecule has 0 aromatic carbocycles. The fraction of sp³-hybridized carbons (Fsp3) is 0.688. The predicted molar refractivity (Wildman–Crippen MR) is 86.1 cm³/mol. The summed E-state index contributed by atoms with van der Waals surface area (Å²) in [6.45, 7) is 5.62. The number of hydrogen-bond donors (Lipinski definition) is 0. The third-order valence-corrected chi connectivity index (χ3v) is 4.56. The molecule has 120 valence electrons. The monoisotopic (exact) mass is 303 g/mol. The van der Waals surface area contributed by atoms with Crippen LogP contribution in [0.1, 0.15) is 36.2 Å². The molecule has 0 unspecified atom stereocenters. The van der Waals surface area contributed by atoms with Gasteiger partial charge in [-0.2, -0.15) is 0 Å². The van der Waals surface area contributed by atoms with Crippen LogP contribution in [0, 0.1) is 0 Å². The molecule has 2 saturated heterocycles. The smallest absolute Gasteiger partial charge is 0.274 e. The van der Waals surface area contributed by atoms with Gasteiger partial charge in [0.05, 0.1) is 0 Å². The number of piperidine rings is 1. The number of hydrogen-bond acceptors (Lipinski definition) is 5. The number of amides is 1. The highest BCUT2D eigenvalue weighted by molar-refractivity contribution is 5.92. The molecule has 3 heterocycles. The van der Waals surface area contributed by atoms with E-state index in [4.69, 9.17) is 0 Å². The van der Waals surface area contributed by atoms with Crippen LogP contribution in [-0.4, -0.2) is 72.2 Å². The SMILES string of the molecule is CN1CCCN(C(=O)c2ccc(N3CCCCC3)nn2)CC1. The second-order valence-electron chi connectivity index (χ2n) is 6.27. The third kappa shape index (κ3) is 3.55. The molecule has 0 aliphatic carbocycles. The minimum absolute atomic E-state index is 0.00740. The van der Waals surface area contributed by atoms with Crippen molar-refractivity contribution in [3.05, 3.63) is 17.8 Å². The van der Waals surface area contributed by atoms with Crippen LogP contribution in [0.4, 0.5) is 5.82 Å². The number of aromatic nitrogens is 2. The Morgan fingerprint density at radius 2 is 1.73 bits per heavy atom. The Morgan fingerprint density at radius 1 is 0.909 bits per heavy atom. The van der Waals surface area contributed by atoms with Crippen LogP contribution in [-0.2, 0) is 0 Å². The summed E-state index contributed by atoms with van der Waals surface area (Å²) < 4.78 is 0. The molecule has 2 fully saturated rings. The Kier molecular flexibility index (Phi) is 4.87. The minimum atomic E-state index is 0.00740. The van der Waals surface area contributed by atoms with E-state index in [0.717, 1.165) is 51.5 Å². The first kappa shape index (κ1) is 15.2. The average Bonchev–Trinajstić information content (AvgIpc) is 2.80. The van der Waals surface area contributed by atoms with Crippen molar-refractivity contribution in [3.63, 3.8) is 0 Å². The fourth-order valence-electron chi connectivity index (χ4n) is 3.14. The van der Waals surface area contributed by atoms with E-state index in [1.807, 2.05) is 17.0 Å². The van der Waals surface area contributed by atoms with Crippen molar-refractivity contribution in [2.24, 2.45) is 0 Å². The van der Waals surface area contributed by atoms with Crippen molar-refractivity contribution in [2.75, 3.05) is 51.2 Å². The molecule has 1 aromatic heterocycles. The quantitative estimate of drug-likeness (QED) is 0.823. The molecule has 3 rings (SSSR count). The lowest BCUT2D eigenvalue weighted by atomic mass is 10.1. The van der Waals surface area contributed by atoms with Crippen molar-refractivity contribution in [2.45, 2.75) is 25.7 Å². The molecule has 0 radical (unpaired) electrons. The number of anilines is 1. The van der Waals surface area contributed by atoms with E-state index in [0.29, 0.717) is 5.69 Å². The second-order valence-corrected chi connectivity index (χ2v) is 6.27. The molecule has 1 amide bonds. The maximum Gasteiger partial charge on any atom is 0.274 e. The molecule has 2 aliphatic rings. The molecular weight excluding hydrogens is 278 g/mol. The first-order chi connectivity index (χ1) is 10.7. The van der Waals surface area contributed by atoms with Gasteiger partial charge in [-0.15, -0.1) is 10.2 Å². The molecule has 0 saturated carbocycles. The summed E-state index contributed by atoms with van der Waals surface area (Å²) in [6.07, 6.45) is 4.73. The van der Waals surface area contributed by atoms with Crippen molar-refractivity contribution >= 4 is 11.7 Å². The highest BCUT2D eigenvalue weighted by Crippen LogP contribution is 2.17. The van der Waals surface area contributed by atoms with E-state index in [2.05, 4.69) is 27.0 Å². The van der Waals surface area contributed by atoms with Gasteiger partial charge in [0.15, 0.2) is 11.5 Å². The number of nitrogens with zero attached hydrogens (tertiary/aromatic N) is 5. The standard InChI is InChI=1S/C16H25N5O/c1-19-8-5-11-21(13-12-19)16(22)14-6-7-15(18-17-14)20-9-3-2-4-10-20/h6-7H,2-5,8-13H2,1H3. The fourth-order valence-corrected chi connectivity index (χ4v) is 3.14. The van der Waals surface area contributed by atoms with Crippen LogP contribution in [0.15, 0.2) is 12.1 Å². The zero-order valence-corrected chi connectivity index (χ0v) is 13.4. The zero-order chi connectivity index (χ0) is 15.4. The molecule has 22 heavy (non-hydrogen) atoms. The summed E-state index contributed by atoms with van der Waals surface area (Å²) in [5.74, 6) is 0.903. The maximum atomic E-state index is 12.5. The van der Waals surface area contributed by atoms with Crippen LogP contribution in [0.3, 0.4) is 0 Å². The Labute approximate surface area is 132 Å². The second kappa shape index (κ2) is 7.05. The van der Waals surface area contributed by atoms with Crippen LogP contribution in [0.2, 0.25) is 0 Å². The molecule has 6 nitrogen and oxygen atoms in total. The van der Waals surface area contributed by atoms with Gasteiger partial charge in [-0.25, -0.2) is 0 Å². The highest BCUT2D eigenvalue weighted by atomic mass is 16.2. The molecule has 0 N–H and O–H groups in total. The zero-order valence-electron chi connectivity index (χ0n) is 13.4. The summed E-state index contributed by atoms with van der Waals surface area (Å²) in [7, 11) is 2.10. The van der Waals surface area contributed by atoms with Crippen molar-refractivity contribution in [3.8, 4) is 0 Å². The van der Waals surface area contributed by atoms with Crippen LogP contribution in [0.5, 0.6) is 0 Å². The summed E-state index contributed by atoms with van der Waals surface area (Å²) >= 11 is 0. The van der Waals surface area contributed by atoms with Crippen LogP contribution in [0.25, 0.3) is 0 Å². The van der Waals surface area contributed by atoms with E-state index >= 15 is 0 Å². The van der Waals surface area contributed by atoms with E-state index in [-0.39, 0.29) is 5.91 Å². The van der Waals surface area contributed by atoms with Gasteiger partial charge in [0, 0.05) is 32.7 Å². The maximum absolute atomic E-state index is 12.5. The van der Waals surface area contributed by atoms with Gasteiger partial charge < -0.3 is 14.7 Å². The highest BCUT2D eigenvalue weighted by Gasteiger charge is 2.21. The van der Waals surface area contributed by atoms with Gasteiger partial charge in [0.1, 0.15) is 0 Å². The first-order valence-electron chi connectivity index (χ1n) is 8.30. The largest absolute Gasteiger partial charge is 0.355 e. The van der Waals surface area contributed by atoms with Crippen molar-refractivity contribution in [1.29, 1.82) is 0 Å². The van der Waals surface area contributed by atoms with Gasteiger partial charge in [-0.05, 0) is 51.4 Å².